The molecule has 76 valence electrons. The highest BCUT2D eigenvalue weighted by Gasteiger charge is 2.06. The number of benzene rings is 1. The minimum atomic E-state index is -0.319. The van der Waals surface area contributed by atoms with Crippen molar-refractivity contribution in [3.8, 4) is 0 Å². The molecule has 3 N–H and O–H groups in total. The van der Waals surface area contributed by atoms with Crippen molar-refractivity contribution >= 4 is 5.84 Å². The quantitative estimate of drug-likeness (QED) is 0.332. The molecule has 1 aromatic carbocycles. The molecule has 0 spiro atoms. The van der Waals surface area contributed by atoms with Gasteiger partial charge in [0.2, 0.25) is 0 Å². The van der Waals surface area contributed by atoms with E-state index in [1.807, 2.05) is 6.92 Å². The molecular formula is C10H14FN3. The van der Waals surface area contributed by atoms with Crippen LogP contribution in [0.15, 0.2) is 29.3 Å². The SMILES string of the molecule is CCCN=C(NN)c1ccccc1F. The molecule has 14 heavy (non-hydrogen) atoms. The van der Waals surface area contributed by atoms with Crippen LogP contribution in [0.25, 0.3) is 0 Å². The molecule has 0 fully saturated rings. The molecule has 0 aliphatic heterocycles. The Labute approximate surface area is 82.8 Å². The third-order valence-electron chi connectivity index (χ3n) is 1.76. The molecule has 0 radical (unpaired) electrons. The first-order valence-electron chi connectivity index (χ1n) is 4.55. The molecular weight excluding hydrogens is 181 g/mol. The average molecular weight is 195 g/mol. The zero-order chi connectivity index (χ0) is 10.4. The summed E-state index contributed by atoms with van der Waals surface area (Å²) in [6.07, 6.45) is 0.902. The number of nitrogens with zero attached hydrogens (tertiary/aromatic N) is 1. The molecule has 0 amide bonds. The Morgan fingerprint density at radius 1 is 1.50 bits per heavy atom. The zero-order valence-corrected chi connectivity index (χ0v) is 8.13. The Morgan fingerprint density at radius 3 is 2.79 bits per heavy atom. The van der Waals surface area contributed by atoms with Crippen LogP contribution >= 0.6 is 0 Å². The fourth-order valence-electron chi connectivity index (χ4n) is 1.09. The number of amidine groups is 1. The first kappa shape index (κ1) is 10.7. The van der Waals surface area contributed by atoms with Gasteiger partial charge in [0.1, 0.15) is 11.7 Å². The minimum Gasteiger partial charge on any atom is -0.308 e. The Morgan fingerprint density at radius 2 is 2.21 bits per heavy atom. The third kappa shape index (κ3) is 2.53. The standard InChI is InChI=1S/C10H14FN3/c1-2-7-13-10(14-12)8-5-3-4-6-9(8)11/h3-6H,2,7,12H2,1H3,(H,13,14). The molecule has 0 bridgehead atoms. The Bertz CT molecular complexity index is 323. The lowest BCUT2D eigenvalue weighted by Crippen LogP contribution is -2.32. The van der Waals surface area contributed by atoms with E-state index >= 15 is 0 Å². The highest BCUT2D eigenvalue weighted by Crippen LogP contribution is 2.06. The summed E-state index contributed by atoms with van der Waals surface area (Å²) in [5, 5.41) is 0. The number of aliphatic imine (C=N–C) groups is 1. The maximum Gasteiger partial charge on any atom is 0.145 e. The predicted octanol–water partition coefficient (Wildman–Crippen LogP) is 1.45. The topological polar surface area (TPSA) is 50.4 Å². The fourth-order valence-corrected chi connectivity index (χ4v) is 1.09. The van der Waals surface area contributed by atoms with Crippen molar-refractivity contribution in [2.24, 2.45) is 10.8 Å². The van der Waals surface area contributed by atoms with Crippen LogP contribution in [0.4, 0.5) is 4.39 Å². The summed E-state index contributed by atoms with van der Waals surface area (Å²) in [6, 6.07) is 6.40. The van der Waals surface area contributed by atoms with Gasteiger partial charge in [-0.3, -0.25) is 4.99 Å². The first-order chi connectivity index (χ1) is 6.79. The van der Waals surface area contributed by atoms with Gasteiger partial charge in [-0.05, 0) is 18.6 Å². The van der Waals surface area contributed by atoms with E-state index in [0.29, 0.717) is 17.9 Å². The van der Waals surface area contributed by atoms with Crippen LogP contribution in [0.1, 0.15) is 18.9 Å². The van der Waals surface area contributed by atoms with Crippen LogP contribution in [0, 0.1) is 5.82 Å². The van der Waals surface area contributed by atoms with E-state index < -0.39 is 0 Å². The van der Waals surface area contributed by atoms with E-state index in [1.54, 1.807) is 18.2 Å². The molecule has 0 aromatic heterocycles. The largest absolute Gasteiger partial charge is 0.308 e. The van der Waals surface area contributed by atoms with Gasteiger partial charge >= 0.3 is 0 Å². The Balaban J connectivity index is 2.95. The molecule has 0 atom stereocenters. The Hall–Kier alpha value is -1.42. The minimum absolute atomic E-state index is 0.319. The second-order valence-electron chi connectivity index (χ2n) is 2.85. The summed E-state index contributed by atoms with van der Waals surface area (Å²) in [5.74, 6) is 5.34. The molecule has 0 unspecified atom stereocenters. The lowest BCUT2D eigenvalue weighted by molar-refractivity contribution is 0.623. The zero-order valence-electron chi connectivity index (χ0n) is 8.13. The molecule has 1 rings (SSSR count). The second-order valence-corrected chi connectivity index (χ2v) is 2.85. The molecule has 0 aliphatic carbocycles. The lowest BCUT2D eigenvalue weighted by Gasteiger charge is -2.06. The molecule has 0 heterocycles. The average Bonchev–Trinajstić information content (AvgIpc) is 2.21. The summed E-state index contributed by atoms with van der Waals surface area (Å²) in [7, 11) is 0. The molecule has 4 heteroatoms. The van der Waals surface area contributed by atoms with Crippen LogP contribution < -0.4 is 11.3 Å². The van der Waals surface area contributed by atoms with Gasteiger partial charge in [-0.2, -0.15) is 0 Å². The number of nitrogens with one attached hydrogen (secondary N) is 1. The summed E-state index contributed by atoms with van der Waals surface area (Å²) in [4.78, 5) is 4.13. The fraction of sp³-hybridized carbons (Fsp3) is 0.300. The molecule has 0 saturated carbocycles. The van der Waals surface area contributed by atoms with E-state index in [-0.39, 0.29) is 5.82 Å². The summed E-state index contributed by atoms with van der Waals surface area (Å²) in [5.41, 5.74) is 2.81. The van der Waals surface area contributed by atoms with Gasteiger partial charge in [-0.25, -0.2) is 10.2 Å². The van der Waals surface area contributed by atoms with E-state index in [4.69, 9.17) is 5.84 Å². The van der Waals surface area contributed by atoms with Crippen LogP contribution in [0.2, 0.25) is 0 Å². The van der Waals surface area contributed by atoms with Crippen molar-refractivity contribution in [1.82, 2.24) is 5.43 Å². The maximum atomic E-state index is 13.3. The van der Waals surface area contributed by atoms with E-state index in [1.165, 1.54) is 6.07 Å². The number of rotatable bonds is 3. The summed E-state index contributed by atoms with van der Waals surface area (Å²) >= 11 is 0. The molecule has 1 aromatic rings. The monoisotopic (exact) mass is 195 g/mol. The second kappa shape index (κ2) is 5.34. The van der Waals surface area contributed by atoms with Crippen molar-refractivity contribution in [3.63, 3.8) is 0 Å². The Kier molecular flexibility index (Phi) is 4.07. The molecule has 3 nitrogen and oxygen atoms in total. The van der Waals surface area contributed by atoms with Crippen LogP contribution in [-0.2, 0) is 0 Å². The van der Waals surface area contributed by atoms with Crippen LogP contribution in [-0.4, -0.2) is 12.4 Å². The number of hydrogen-bond acceptors (Lipinski definition) is 2. The van der Waals surface area contributed by atoms with Gasteiger partial charge in [-0.1, -0.05) is 19.1 Å². The van der Waals surface area contributed by atoms with Crippen molar-refractivity contribution in [2.75, 3.05) is 6.54 Å². The molecule has 0 saturated heterocycles. The normalized spacial score (nSPS) is 11.5. The first-order valence-corrected chi connectivity index (χ1v) is 4.55. The number of hydrazine groups is 1. The van der Waals surface area contributed by atoms with E-state index in [9.17, 15) is 4.39 Å². The van der Waals surface area contributed by atoms with Gasteiger partial charge < -0.3 is 5.43 Å². The summed E-state index contributed by atoms with van der Waals surface area (Å²) < 4.78 is 13.3. The smallest absolute Gasteiger partial charge is 0.145 e. The maximum absolute atomic E-state index is 13.3. The number of nitrogens with two attached hydrogens (primary N) is 1. The number of halogens is 1. The van der Waals surface area contributed by atoms with Crippen molar-refractivity contribution in [1.29, 1.82) is 0 Å². The van der Waals surface area contributed by atoms with Crippen molar-refractivity contribution in [2.45, 2.75) is 13.3 Å². The van der Waals surface area contributed by atoms with Gasteiger partial charge in [-0.15, -0.1) is 0 Å². The van der Waals surface area contributed by atoms with Crippen molar-refractivity contribution < 1.29 is 4.39 Å². The highest BCUT2D eigenvalue weighted by molar-refractivity contribution is 5.98. The van der Waals surface area contributed by atoms with E-state index in [0.717, 1.165) is 6.42 Å². The third-order valence-corrected chi connectivity index (χ3v) is 1.76. The lowest BCUT2D eigenvalue weighted by atomic mass is 10.2. The van der Waals surface area contributed by atoms with Crippen LogP contribution in [0.5, 0.6) is 0 Å². The number of hydrogen-bond donors (Lipinski definition) is 2. The van der Waals surface area contributed by atoms with Gasteiger partial charge in [0, 0.05) is 6.54 Å². The molecule has 0 aliphatic rings. The highest BCUT2D eigenvalue weighted by atomic mass is 19.1. The predicted molar refractivity (Wildman–Crippen MR) is 55.4 cm³/mol. The van der Waals surface area contributed by atoms with Crippen LogP contribution in [0.3, 0.4) is 0 Å². The van der Waals surface area contributed by atoms with Gasteiger partial charge in [0.05, 0.1) is 5.56 Å². The van der Waals surface area contributed by atoms with E-state index in [2.05, 4.69) is 10.4 Å². The van der Waals surface area contributed by atoms with Gasteiger partial charge in [0.15, 0.2) is 0 Å². The summed E-state index contributed by atoms with van der Waals surface area (Å²) in [6.45, 7) is 2.63. The van der Waals surface area contributed by atoms with Gasteiger partial charge in [0.25, 0.3) is 0 Å². The van der Waals surface area contributed by atoms with Crippen molar-refractivity contribution in [3.05, 3.63) is 35.6 Å².